The van der Waals surface area contributed by atoms with Crippen molar-refractivity contribution in [1.29, 1.82) is 0 Å². The number of hydrogen-bond acceptors (Lipinski definition) is 9. The molecule has 1 aromatic rings. The number of ether oxygens (including phenoxy) is 3. The average molecular weight is 828 g/mol. The number of hydrogen-bond donors (Lipinski definition) is 6. The van der Waals surface area contributed by atoms with E-state index in [1.165, 1.54) is 12.1 Å². The van der Waals surface area contributed by atoms with Gasteiger partial charge in [0.25, 0.3) is 0 Å². The van der Waals surface area contributed by atoms with Gasteiger partial charge < -0.3 is 45.5 Å². The summed E-state index contributed by atoms with van der Waals surface area (Å²) >= 11 is 0. The van der Waals surface area contributed by atoms with Gasteiger partial charge in [0.2, 0.25) is 0 Å². The van der Waals surface area contributed by atoms with Gasteiger partial charge >= 0.3 is 36.2 Å². The highest BCUT2D eigenvalue weighted by molar-refractivity contribution is 5.77. The normalized spacial score (nSPS) is 18.5. The molecule has 3 rings (SSSR count). The first-order chi connectivity index (χ1) is 27.7. The van der Waals surface area contributed by atoms with E-state index >= 15 is 0 Å². The quantitative estimate of drug-likeness (QED) is 0.0640. The highest BCUT2D eigenvalue weighted by Crippen LogP contribution is 2.48. The number of allylic oxidation sites excluding steroid dienone is 3. The Morgan fingerprint density at radius 2 is 1.25 bits per heavy atom. The zero-order valence-corrected chi connectivity index (χ0v) is 35.5. The minimum Gasteiger partial charge on any atom is -0.481 e. The van der Waals surface area contributed by atoms with Gasteiger partial charge in [-0.25, -0.2) is 14.4 Å². The van der Waals surface area contributed by atoms with Gasteiger partial charge in [0, 0.05) is 56.1 Å². The van der Waals surface area contributed by atoms with Gasteiger partial charge in [0.15, 0.2) is 0 Å². The molecular formula is C44H65N3O12. The summed E-state index contributed by atoms with van der Waals surface area (Å²) in [6.07, 6.45) is 5.24. The van der Waals surface area contributed by atoms with E-state index in [2.05, 4.69) is 22.5 Å². The van der Waals surface area contributed by atoms with Crippen molar-refractivity contribution in [3.8, 4) is 17.2 Å². The molecule has 0 spiro atoms. The number of carbonyl (C=O) groups excluding carboxylic acids is 3. The lowest BCUT2D eigenvalue weighted by Gasteiger charge is -2.36. The van der Waals surface area contributed by atoms with E-state index in [1.54, 1.807) is 0 Å². The molecule has 1 saturated carbocycles. The molecule has 0 saturated heterocycles. The predicted octanol–water partition coefficient (Wildman–Crippen LogP) is 8.67. The van der Waals surface area contributed by atoms with E-state index in [9.17, 15) is 44.1 Å². The standard InChI is InChI=1S/C44H65N3O12/c1-26(2)15-30(18-37(48)49)23-45-41(54)58-35-20-32(57-43(56)47-25-44(22-39(52)53)13-9-8-10-14-44)21-36(40(35)34-17-29(7)11-12-33(34)28(5)6)59-42(55)46-24-31(16-27(3)4)19-38(50)51/h17,20-21,26-27,30-31,33-34H,5,8-16,18-19,22-25H2,1-4,6-7H3,(H,45,54)(H,46,55)(H,47,56)(H,48,49)(H,50,51)(H,52,53)/t30-,31-,33-,34+/m0/s1. The smallest absolute Gasteiger partial charge is 0.412 e. The molecule has 0 aliphatic heterocycles. The second-order valence-corrected chi connectivity index (χ2v) is 17.5. The maximum Gasteiger partial charge on any atom is 0.412 e. The lowest BCUT2D eigenvalue weighted by Crippen LogP contribution is -2.41. The summed E-state index contributed by atoms with van der Waals surface area (Å²) < 4.78 is 17.6. The minimum atomic E-state index is -1.00. The predicted molar refractivity (Wildman–Crippen MR) is 221 cm³/mol. The number of amides is 3. The molecule has 59 heavy (non-hydrogen) atoms. The summed E-state index contributed by atoms with van der Waals surface area (Å²) in [5, 5.41) is 36.7. The highest BCUT2D eigenvalue weighted by Gasteiger charge is 2.36. The van der Waals surface area contributed by atoms with E-state index < -0.39 is 47.5 Å². The maximum atomic E-state index is 13.6. The topological polar surface area (TPSA) is 227 Å². The number of carbonyl (C=O) groups is 6. The van der Waals surface area contributed by atoms with Crippen LogP contribution in [0.4, 0.5) is 14.4 Å². The minimum absolute atomic E-state index is 0.00577. The Morgan fingerprint density at radius 1 is 0.763 bits per heavy atom. The molecule has 0 radical (unpaired) electrons. The van der Waals surface area contributed by atoms with Crippen molar-refractivity contribution in [1.82, 2.24) is 16.0 Å². The summed E-state index contributed by atoms with van der Waals surface area (Å²) in [4.78, 5) is 75.5. The highest BCUT2D eigenvalue weighted by atomic mass is 16.6. The molecule has 0 heterocycles. The van der Waals surface area contributed by atoms with Gasteiger partial charge in [-0.3, -0.25) is 14.4 Å². The Labute approximate surface area is 347 Å². The lowest BCUT2D eigenvalue weighted by molar-refractivity contribution is -0.140. The van der Waals surface area contributed by atoms with Gasteiger partial charge in [0.1, 0.15) is 17.2 Å². The second-order valence-electron chi connectivity index (χ2n) is 17.5. The third-order valence-corrected chi connectivity index (χ3v) is 11.1. The molecule has 15 nitrogen and oxygen atoms in total. The Balaban J connectivity index is 2.08. The summed E-state index contributed by atoms with van der Waals surface area (Å²) in [5.41, 5.74) is 1.52. The number of aliphatic carboxylic acids is 3. The third kappa shape index (κ3) is 16.6. The van der Waals surface area contributed by atoms with Crippen LogP contribution in [0.3, 0.4) is 0 Å². The van der Waals surface area contributed by atoms with Crippen molar-refractivity contribution < 1.29 is 58.3 Å². The van der Waals surface area contributed by atoms with Crippen molar-refractivity contribution in [2.45, 2.75) is 125 Å². The van der Waals surface area contributed by atoms with Crippen LogP contribution in [0, 0.1) is 35.0 Å². The Bertz CT molecular complexity index is 1630. The van der Waals surface area contributed by atoms with Crippen molar-refractivity contribution in [3.63, 3.8) is 0 Å². The van der Waals surface area contributed by atoms with Gasteiger partial charge in [-0.1, -0.05) is 70.8 Å². The molecule has 0 aromatic heterocycles. The van der Waals surface area contributed by atoms with Crippen LogP contribution in [0.15, 0.2) is 35.9 Å². The number of carboxylic acid groups (broad SMARTS) is 3. The summed E-state index contributed by atoms with van der Waals surface area (Å²) in [6.45, 7) is 15.9. The van der Waals surface area contributed by atoms with Crippen LogP contribution in [-0.4, -0.2) is 71.1 Å². The first-order valence-corrected chi connectivity index (χ1v) is 20.8. The average Bonchev–Trinajstić information content (AvgIpc) is 3.11. The van der Waals surface area contributed by atoms with E-state index in [1.807, 2.05) is 47.6 Å². The van der Waals surface area contributed by atoms with Crippen LogP contribution in [0.2, 0.25) is 0 Å². The summed E-state index contributed by atoms with van der Waals surface area (Å²) in [7, 11) is 0. The second kappa shape index (κ2) is 22.9. The number of benzene rings is 1. The maximum absolute atomic E-state index is 13.6. The van der Waals surface area contributed by atoms with Crippen LogP contribution < -0.4 is 30.2 Å². The zero-order valence-electron chi connectivity index (χ0n) is 35.5. The van der Waals surface area contributed by atoms with Crippen molar-refractivity contribution in [2.24, 2.45) is 35.0 Å². The number of rotatable bonds is 21. The van der Waals surface area contributed by atoms with Crippen molar-refractivity contribution in [2.75, 3.05) is 19.6 Å². The largest absolute Gasteiger partial charge is 0.481 e. The Kier molecular flexibility index (Phi) is 18.7. The van der Waals surface area contributed by atoms with E-state index in [0.717, 1.165) is 36.8 Å². The Morgan fingerprint density at radius 3 is 1.69 bits per heavy atom. The van der Waals surface area contributed by atoms with E-state index in [4.69, 9.17) is 14.2 Å². The van der Waals surface area contributed by atoms with Gasteiger partial charge in [-0.15, -0.1) is 0 Å². The summed E-state index contributed by atoms with van der Waals surface area (Å²) in [6, 6.07) is 2.68. The van der Waals surface area contributed by atoms with Crippen LogP contribution in [0.5, 0.6) is 17.2 Å². The van der Waals surface area contributed by atoms with Crippen LogP contribution in [-0.2, 0) is 14.4 Å². The van der Waals surface area contributed by atoms with E-state index in [0.29, 0.717) is 37.7 Å². The monoisotopic (exact) mass is 827 g/mol. The molecule has 4 atom stereocenters. The zero-order chi connectivity index (χ0) is 43.9. The van der Waals surface area contributed by atoms with Gasteiger partial charge in [-0.05, 0) is 87.4 Å². The fraction of sp³-hybridized carbons (Fsp3) is 0.636. The first-order valence-electron chi connectivity index (χ1n) is 20.8. The molecule has 15 heteroatoms. The molecule has 1 fully saturated rings. The van der Waals surface area contributed by atoms with Gasteiger partial charge in [-0.2, -0.15) is 0 Å². The van der Waals surface area contributed by atoms with Crippen LogP contribution >= 0.6 is 0 Å². The van der Waals surface area contributed by atoms with Crippen molar-refractivity contribution >= 4 is 36.2 Å². The third-order valence-electron chi connectivity index (χ3n) is 11.1. The molecule has 2 aliphatic carbocycles. The molecule has 1 aromatic carbocycles. The molecule has 0 bridgehead atoms. The molecule has 0 unspecified atom stereocenters. The van der Waals surface area contributed by atoms with Gasteiger partial charge in [0.05, 0.1) is 6.42 Å². The number of nitrogens with one attached hydrogen (secondary N) is 3. The van der Waals surface area contributed by atoms with E-state index in [-0.39, 0.29) is 85.7 Å². The molecular weight excluding hydrogens is 762 g/mol. The molecule has 3 amide bonds. The summed E-state index contributed by atoms with van der Waals surface area (Å²) in [5.74, 6) is -4.43. The van der Waals surface area contributed by atoms with Crippen LogP contribution in [0.25, 0.3) is 0 Å². The number of carboxylic acids is 3. The Hall–Kier alpha value is -5.08. The SMILES string of the molecule is C=C(C)[C@@H]1CCC(C)=C[C@H]1c1c(OC(=O)NC[C@H](CC(=O)O)CC(C)C)cc(OC(=O)NCC2(CC(=O)O)CCCCC2)cc1OC(=O)NC[C@H](CC(=O)O)CC(C)C. The lowest BCUT2D eigenvalue weighted by atomic mass is 9.72. The molecule has 328 valence electrons. The molecule has 2 aliphatic rings. The molecule has 6 N–H and O–H groups in total. The first kappa shape index (κ1) is 48.3. The van der Waals surface area contributed by atoms with Crippen LogP contribution in [0.1, 0.15) is 130 Å². The fourth-order valence-electron chi connectivity index (χ4n) is 8.51. The fourth-order valence-corrected chi connectivity index (χ4v) is 8.51. The van der Waals surface area contributed by atoms with Crippen molar-refractivity contribution in [3.05, 3.63) is 41.5 Å².